The van der Waals surface area contributed by atoms with Crippen LogP contribution in [0.3, 0.4) is 0 Å². The molecule has 3 fully saturated rings. The van der Waals surface area contributed by atoms with E-state index in [0.717, 1.165) is 45.5 Å². The highest BCUT2D eigenvalue weighted by molar-refractivity contribution is 4.98. The molecule has 3 nitrogen and oxygen atoms in total. The van der Waals surface area contributed by atoms with Gasteiger partial charge in [0, 0.05) is 19.6 Å². The van der Waals surface area contributed by atoms with Crippen molar-refractivity contribution in [2.45, 2.75) is 71.0 Å². The van der Waals surface area contributed by atoms with Crippen molar-refractivity contribution >= 4 is 0 Å². The molecule has 1 N–H and O–H groups in total. The van der Waals surface area contributed by atoms with E-state index in [1.807, 2.05) is 0 Å². The van der Waals surface area contributed by atoms with Gasteiger partial charge in [0.15, 0.2) is 0 Å². The van der Waals surface area contributed by atoms with Gasteiger partial charge in [-0.15, -0.1) is 0 Å². The highest BCUT2D eigenvalue weighted by atomic mass is 16.6. The monoisotopic (exact) mass is 296 g/mol. The molecule has 2 aliphatic heterocycles. The fraction of sp³-hybridized carbons (Fsp3) is 1.00. The minimum absolute atomic E-state index is 0.0207. The molecule has 1 aliphatic carbocycles. The van der Waals surface area contributed by atoms with Gasteiger partial charge in [0.05, 0.1) is 18.3 Å². The average molecular weight is 296 g/mol. The average Bonchev–Trinajstić information content (AvgIpc) is 2.86. The van der Waals surface area contributed by atoms with Crippen LogP contribution in [0.2, 0.25) is 0 Å². The molecule has 5 unspecified atom stereocenters. The van der Waals surface area contributed by atoms with Crippen LogP contribution in [0.4, 0.5) is 0 Å². The van der Waals surface area contributed by atoms with Gasteiger partial charge in [0.2, 0.25) is 0 Å². The maximum absolute atomic E-state index is 10.6. The number of rotatable bonds is 2. The van der Waals surface area contributed by atoms with Crippen molar-refractivity contribution in [1.82, 2.24) is 0 Å². The van der Waals surface area contributed by atoms with Gasteiger partial charge in [-0.05, 0) is 48.9 Å². The third kappa shape index (κ3) is 3.02. The van der Waals surface area contributed by atoms with Crippen molar-refractivity contribution in [3.63, 3.8) is 0 Å². The lowest BCUT2D eigenvalue weighted by Crippen LogP contribution is -2.49. The molecule has 1 saturated carbocycles. The second-order valence-electron chi connectivity index (χ2n) is 8.44. The Morgan fingerprint density at radius 1 is 1.14 bits per heavy atom. The van der Waals surface area contributed by atoms with E-state index in [2.05, 4.69) is 20.8 Å². The molecular formula is C18H32O3. The molecule has 3 heteroatoms. The zero-order chi connectivity index (χ0) is 15.1. The molecule has 122 valence electrons. The lowest BCUT2D eigenvalue weighted by Gasteiger charge is -2.50. The largest absolute Gasteiger partial charge is 0.393 e. The summed E-state index contributed by atoms with van der Waals surface area (Å²) in [7, 11) is 0. The molecule has 0 aromatic carbocycles. The van der Waals surface area contributed by atoms with E-state index >= 15 is 0 Å². The summed E-state index contributed by atoms with van der Waals surface area (Å²) in [6, 6.07) is 0. The Balaban J connectivity index is 1.71. The molecule has 0 aromatic heterocycles. The van der Waals surface area contributed by atoms with Crippen LogP contribution >= 0.6 is 0 Å². The fourth-order valence-electron chi connectivity index (χ4n) is 5.05. The van der Waals surface area contributed by atoms with Gasteiger partial charge in [-0.3, -0.25) is 0 Å². The summed E-state index contributed by atoms with van der Waals surface area (Å²) >= 11 is 0. The van der Waals surface area contributed by atoms with Crippen LogP contribution in [-0.4, -0.2) is 36.6 Å². The van der Waals surface area contributed by atoms with Crippen molar-refractivity contribution in [2.75, 3.05) is 19.8 Å². The molecule has 0 bridgehead atoms. The quantitative estimate of drug-likeness (QED) is 0.849. The standard InChI is InChI=1S/C18H32O3/c1-13-4-5-15(16(19)10-13)17(2,3)14-6-8-21-18(11-14)7-9-20-12-18/h13-16,19H,4-12H2,1-3H3. The molecule has 0 amide bonds. The maximum atomic E-state index is 10.6. The summed E-state index contributed by atoms with van der Waals surface area (Å²) in [6.07, 6.45) is 6.59. The molecule has 21 heavy (non-hydrogen) atoms. The first kappa shape index (κ1) is 15.8. The smallest absolute Gasteiger partial charge is 0.0939 e. The number of aliphatic hydroxyl groups excluding tert-OH is 1. The van der Waals surface area contributed by atoms with Gasteiger partial charge >= 0.3 is 0 Å². The maximum Gasteiger partial charge on any atom is 0.0939 e. The molecule has 0 radical (unpaired) electrons. The van der Waals surface area contributed by atoms with Crippen LogP contribution in [0.5, 0.6) is 0 Å². The minimum atomic E-state index is -0.123. The van der Waals surface area contributed by atoms with E-state index in [1.54, 1.807) is 0 Å². The number of hydrogen-bond donors (Lipinski definition) is 1. The van der Waals surface area contributed by atoms with Crippen molar-refractivity contribution in [2.24, 2.45) is 23.2 Å². The van der Waals surface area contributed by atoms with Crippen LogP contribution in [0.25, 0.3) is 0 Å². The summed E-state index contributed by atoms with van der Waals surface area (Å²) in [5.74, 6) is 1.76. The summed E-state index contributed by atoms with van der Waals surface area (Å²) in [5.41, 5.74) is 0.173. The van der Waals surface area contributed by atoms with Gasteiger partial charge in [-0.25, -0.2) is 0 Å². The third-order valence-corrected chi connectivity index (χ3v) is 6.65. The predicted octanol–water partition coefficient (Wildman–Crippen LogP) is 3.40. The topological polar surface area (TPSA) is 38.7 Å². The van der Waals surface area contributed by atoms with E-state index in [1.165, 1.54) is 12.8 Å². The lowest BCUT2D eigenvalue weighted by molar-refractivity contribution is -0.136. The van der Waals surface area contributed by atoms with Gasteiger partial charge in [-0.2, -0.15) is 0 Å². The van der Waals surface area contributed by atoms with Crippen LogP contribution in [0, 0.1) is 23.2 Å². The zero-order valence-electron chi connectivity index (χ0n) is 13.9. The Morgan fingerprint density at radius 3 is 2.62 bits per heavy atom. The fourth-order valence-corrected chi connectivity index (χ4v) is 5.05. The number of ether oxygens (including phenoxy) is 2. The van der Waals surface area contributed by atoms with Crippen molar-refractivity contribution in [3.8, 4) is 0 Å². The second kappa shape index (κ2) is 5.82. The first-order chi connectivity index (χ1) is 9.93. The summed E-state index contributed by atoms with van der Waals surface area (Å²) < 4.78 is 11.7. The molecule has 0 aromatic rings. The second-order valence-corrected chi connectivity index (χ2v) is 8.44. The number of aliphatic hydroxyl groups is 1. The van der Waals surface area contributed by atoms with E-state index in [9.17, 15) is 5.11 Å². The van der Waals surface area contributed by atoms with Crippen molar-refractivity contribution < 1.29 is 14.6 Å². The Morgan fingerprint density at radius 2 is 1.95 bits per heavy atom. The Hall–Kier alpha value is -0.120. The summed E-state index contributed by atoms with van der Waals surface area (Å²) in [6.45, 7) is 9.51. The van der Waals surface area contributed by atoms with Gasteiger partial charge in [0.25, 0.3) is 0 Å². The molecule has 1 spiro atoms. The van der Waals surface area contributed by atoms with E-state index in [0.29, 0.717) is 17.8 Å². The molecule has 3 rings (SSSR count). The first-order valence-corrected chi connectivity index (χ1v) is 8.83. The Kier molecular flexibility index (Phi) is 4.37. The predicted molar refractivity (Wildman–Crippen MR) is 83.1 cm³/mol. The van der Waals surface area contributed by atoms with Crippen LogP contribution in [-0.2, 0) is 9.47 Å². The summed E-state index contributed by atoms with van der Waals surface area (Å²) in [4.78, 5) is 0. The minimum Gasteiger partial charge on any atom is -0.393 e. The number of hydrogen-bond acceptors (Lipinski definition) is 3. The molecular weight excluding hydrogens is 264 g/mol. The van der Waals surface area contributed by atoms with Gasteiger partial charge in [-0.1, -0.05) is 27.2 Å². The lowest BCUT2D eigenvalue weighted by atomic mass is 9.59. The van der Waals surface area contributed by atoms with Crippen LogP contribution in [0.1, 0.15) is 59.3 Å². The Labute approximate surface area is 129 Å². The van der Waals surface area contributed by atoms with E-state index < -0.39 is 0 Å². The third-order valence-electron chi connectivity index (χ3n) is 6.65. The molecule has 3 aliphatic rings. The molecule has 5 atom stereocenters. The van der Waals surface area contributed by atoms with Crippen molar-refractivity contribution in [1.29, 1.82) is 0 Å². The Bertz CT molecular complexity index is 359. The van der Waals surface area contributed by atoms with Crippen molar-refractivity contribution in [3.05, 3.63) is 0 Å². The zero-order valence-corrected chi connectivity index (χ0v) is 13.9. The molecule has 2 heterocycles. The van der Waals surface area contributed by atoms with Crippen LogP contribution in [0.15, 0.2) is 0 Å². The highest BCUT2D eigenvalue weighted by Crippen LogP contribution is 2.50. The van der Waals surface area contributed by atoms with E-state index in [4.69, 9.17) is 9.47 Å². The SMILES string of the molecule is CC1CCC(C(C)(C)C2CCOC3(CCOC3)C2)C(O)C1. The van der Waals surface area contributed by atoms with Crippen LogP contribution < -0.4 is 0 Å². The van der Waals surface area contributed by atoms with Gasteiger partial charge in [0.1, 0.15) is 0 Å². The summed E-state index contributed by atoms with van der Waals surface area (Å²) in [5, 5.41) is 10.6. The normalized spacial score (nSPS) is 45.1. The highest BCUT2D eigenvalue weighted by Gasteiger charge is 2.49. The van der Waals surface area contributed by atoms with Gasteiger partial charge < -0.3 is 14.6 Å². The first-order valence-electron chi connectivity index (χ1n) is 8.83. The van der Waals surface area contributed by atoms with E-state index in [-0.39, 0.29) is 17.1 Å². The molecule has 2 saturated heterocycles.